The molecular weight excluding hydrogens is 316 g/mol. The molecule has 5 nitrogen and oxygen atoms in total. The molecule has 1 atom stereocenters. The average molecular weight is 340 g/mol. The largest absolute Gasteiger partial charge is 0.481 e. The lowest BCUT2D eigenvalue weighted by Crippen LogP contribution is -2.33. The zero-order chi connectivity index (χ0) is 18.1. The second kappa shape index (κ2) is 9.47. The van der Waals surface area contributed by atoms with E-state index in [4.69, 9.17) is 4.74 Å². The van der Waals surface area contributed by atoms with Crippen molar-refractivity contribution < 1.29 is 14.3 Å². The van der Waals surface area contributed by atoms with Gasteiger partial charge >= 0.3 is 0 Å². The summed E-state index contributed by atoms with van der Waals surface area (Å²) in [5.74, 6) is 0.162. The van der Waals surface area contributed by atoms with E-state index in [1.807, 2.05) is 44.2 Å². The van der Waals surface area contributed by atoms with Crippen molar-refractivity contribution in [1.29, 1.82) is 0 Å². The standard InChI is InChI=1S/C20H24N2O3/c1-3-14-21-19(23)16-12-8-9-13-17(16)22-20(24)18(4-2)25-15-10-6-5-7-11-15/h5-13,18H,3-4,14H2,1-2H3,(H,21,23)(H,22,24)/t18-/m1/s1. The monoisotopic (exact) mass is 340 g/mol. The number of amides is 2. The molecule has 2 N–H and O–H groups in total. The van der Waals surface area contributed by atoms with E-state index in [1.54, 1.807) is 24.3 Å². The first-order valence-corrected chi connectivity index (χ1v) is 8.55. The van der Waals surface area contributed by atoms with Gasteiger partial charge in [0.25, 0.3) is 11.8 Å². The van der Waals surface area contributed by atoms with E-state index in [0.717, 1.165) is 6.42 Å². The van der Waals surface area contributed by atoms with Gasteiger partial charge in [-0.05, 0) is 37.1 Å². The van der Waals surface area contributed by atoms with Crippen LogP contribution in [0.25, 0.3) is 0 Å². The lowest BCUT2D eigenvalue weighted by atomic mass is 10.1. The van der Waals surface area contributed by atoms with Crippen LogP contribution in [-0.4, -0.2) is 24.5 Å². The molecule has 5 heteroatoms. The fourth-order valence-corrected chi connectivity index (χ4v) is 2.32. The third kappa shape index (κ3) is 5.35. The second-order valence-electron chi connectivity index (χ2n) is 5.62. The fourth-order valence-electron chi connectivity index (χ4n) is 2.32. The van der Waals surface area contributed by atoms with Crippen molar-refractivity contribution in [3.8, 4) is 5.75 Å². The smallest absolute Gasteiger partial charge is 0.265 e. The Morgan fingerprint density at radius 3 is 2.36 bits per heavy atom. The number of rotatable bonds is 8. The zero-order valence-electron chi connectivity index (χ0n) is 14.6. The van der Waals surface area contributed by atoms with Gasteiger partial charge in [0.05, 0.1) is 11.3 Å². The van der Waals surface area contributed by atoms with E-state index < -0.39 is 6.10 Å². The highest BCUT2D eigenvalue weighted by molar-refractivity contribution is 6.04. The van der Waals surface area contributed by atoms with Crippen molar-refractivity contribution in [2.24, 2.45) is 0 Å². The molecule has 2 aromatic carbocycles. The Balaban J connectivity index is 2.09. The minimum atomic E-state index is -0.630. The van der Waals surface area contributed by atoms with Crippen molar-refractivity contribution in [2.45, 2.75) is 32.8 Å². The molecule has 0 unspecified atom stereocenters. The van der Waals surface area contributed by atoms with Crippen LogP contribution < -0.4 is 15.4 Å². The van der Waals surface area contributed by atoms with Crippen LogP contribution in [0.3, 0.4) is 0 Å². The van der Waals surface area contributed by atoms with Crippen molar-refractivity contribution in [2.75, 3.05) is 11.9 Å². The number of anilines is 1. The molecule has 0 heterocycles. The number of ether oxygens (including phenoxy) is 1. The molecule has 0 aliphatic rings. The summed E-state index contributed by atoms with van der Waals surface area (Å²) in [5, 5.41) is 5.64. The number of para-hydroxylation sites is 2. The number of carbonyl (C=O) groups excluding carboxylic acids is 2. The summed E-state index contributed by atoms with van der Waals surface area (Å²) in [4.78, 5) is 24.8. The maximum atomic E-state index is 12.6. The molecule has 0 aliphatic heterocycles. The third-order valence-electron chi connectivity index (χ3n) is 3.65. The van der Waals surface area contributed by atoms with Crippen molar-refractivity contribution in [1.82, 2.24) is 5.32 Å². The quantitative estimate of drug-likeness (QED) is 0.771. The van der Waals surface area contributed by atoms with E-state index in [0.29, 0.717) is 30.0 Å². The van der Waals surface area contributed by atoms with Crippen LogP contribution in [0.4, 0.5) is 5.69 Å². The van der Waals surface area contributed by atoms with Gasteiger partial charge < -0.3 is 15.4 Å². The lowest BCUT2D eigenvalue weighted by molar-refractivity contribution is -0.122. The molecule has 0 bridgehead atoms. The van der Waals surface area contributed by atoms with E-state index in [2.05, 4.69) is 10.6 Å². The van der Waals surface area contributed by atoms with Gasteiger partial charge in [0.15, 0.2) is 6.10 Å². The van der Waals surface area contributed by atoms with Crippen LogP contribution in [0.15, 0.2) is 54.6 Å². The normalized spacial score (nSPS) is 11.4. The maximum Gasteiger partial charge on any atom is 0.265 e. The van der Waals surface area contributed by atoms with Gasteiger partial charge in [-0.2, -0.15) is 0 Å². The Bertz CT molecular complexity index is 701. The highest BCUT2D eigenvalue weighted by Gasteiger charge is 2.20. The first kappa shape index (κ1) is 18.5. The van der Waals surface area contributed by atoms with Crippen molar-refractivity contribution in [3.63, 3.8) is 0 Å². The summed E-state index contributed by atoms with van der Waals surface area (Å²) in [6.45, 7) is 4.46. The average Bonchev–Trinajstić information content (AvgIpc) is 2.65. The summed E-state index contributed by atoms with van der Waals surface area (Å²) >= 11 is 0. The predicted molar refractivity (Wildman–Crippen MR) is 98.8 cm³/mol. The number of nitrogens with one attached hydrogen (secondary N) is 2. The molecule has 0 aromatic heterocycles. The fraction of sp³-hybridized carbons (Fsp3) is 0.300. The molecular formula is C20H24N2O3. The third-order valence-corrected chi connectivity index (χ3v) is 3.65. The molecule has 132 valence electrons. The van der Waals surface area contributed by atoms with Crippen LogP contribution >= 0.6 is 0 Å². The van der Waals surface area contributed by atoms with Crippen LogP contribution in [0.2, 0.25) is 0 Å². The van der Waals surface area contributed by atoms with Gasteiger partial charge in [-0.25, -0.2) is 0 Å². The molecule has 2 aromatic rings. The minimum Gasteiger partial charge on any atom is -0.481 e. The number of benzene rings is 2. The Kier molecular flexibility index (Phi) is 7.01. The zero-order valence-corrected chi connectivity index (χ0v) is 14.6. The van der Waals surface area contributed by atoms with Gasteiger partial charge in [0.2, 0.25) is 0 Å². The molecule has 0 radical (unpaired) electrons. The molecule has 2 rings (SSSR count). The molecule has 0 saturated carbocycles. The maximum absolute atomic E-state index is 12.6. The van der Waals surface area contributed by atoms with E-state index in [1.165, 1.54) is 0 Å². The van der Waals surface area contributed by atoms with E-state index in [9.17, 15) is 9.59 Å². The molecule has 25 heavy (non-hydrogen) atoms. The highest BCUT2D eigenvalue weighted by Crippen LogP contribution is 2.18. The lowest BCUT2D eigenvalue weighted by Gasteiger charge is -2.18. The molecule has 0 saturated heterocycles. The predicted octanol–water partition coefficient (Wildman–Crippen LogP) is 3.62. The molecule has 0 fully saturated rings. The number of carbonyl (C=O) groups is 2. The Labute approximate surface area is 148 Å². The van der Waals surface area contributed by atoms with Crippen LogP contribution in [0.1, 0.15) is 37.0 Å². The molecule has 2 amide bonds. The van der Waals surface area contributed by atoms with Gasteiger partial charge in [0, 0.05) is 6.54 Å². The van der Waals surface area contributed by atoms with Crippen LogP contribution in [-0.2, 0) is 4.79 Å². The number of hydrogen-bond acceptors (Lipinski definition) is 3. The van der Waals surface area contributed by atoms with Crippen LogP contribution in [0, 0.1) is 0 Å². The van der Waals surface area contributed by atoms with Gasteiger partial charge in [-0.3, -0.25) is 9.59 Å². The Morgan fingerprint density at radius 1 is 1.00 bits per heavy atom. The first-order valence-electron chi connectivity index (χ1n) is 8.55. The summed E-state index contributed by atoms with van der Waals surface area (Å²) in [7, 11) is 0. The minimum absolute atomic E-state index is 0.199. The van der Waals surface area contributed by atoms with Crippen molar-refractivity contribution in [3.05, 3.63) is 60.2 Å². The topological polar surface area (TPSA) is 67.4 Å². The van der Waals surface area contributed by atoms with Crippen molar-refractivity contribution >= 4 is 17.5 Å². The summed E-state index contributed by atoms with van der Waals surface area (Å²) in [6.07, 6.45) is 0.739. The highest BCUT2D eigenvalue weighted by atomic mass is 16.5. The Hall–Kier alpha value is -2.82. The van der Waals surface area contributed by atoms with E-state index >= 15 is 0 Å². The summed E-state index contributed by atoms with van der Waals surface area (Å²) < 4.78 is 5.75. The van der Waals surface area contributed by atoms with Gasteiger partial charge in [-0.1, -0.05) is 44.2 Å². The first-order chi connectivity index (χ1) is 12.2. The van der Waals surface area contributed by atoms with Gasteiger partial charge in [-0.15, -0.1) is 0 Å². The second-order valence-corrected chi connectivity index (χ2v) is 5.62. The van der Waals surface area contributed by atoms with Crippen LogP contribution in [0.5, 0.6) is 5.75 Å². The molecule has 0 spiro atoms. The van der Waals surface area contributed by atoms with Gasteiger partial charge in [0.1, 0.15) is 5.75 Å². The molecule has 0 aliphatic carbocycles. The summed E-state index contributed by atoms with van der Waals surface area (Å²) in [6, 6.07) is 16.2. The number of hydrogen-bond donors (Lipinski definition) is 2. The summed E-state index contributed by atoms with van der Waals surface area (Å²) in [5.41, 5.74) is 0.926. The van der Waals surface area contributed by atoms with E-state index in [-0.39, 0.29) is 11.8 Å². The Morgan fingerprint density at radius 2 is 1.68 bits per heavy atom. The SMILES string of the molecule is CCCNC(=O)c1ccccc1NC(=O)[C@@H](CC)Oc1ccccc1.